The Kier molecular flexibility index (Phi) is 4.73. The van der Waals surface area contributed by atoms with Gasteiger partial charge in [-0.3, -0.25) is 4.79 Å². The van der Waals surface area contributed by atoms with Gasteiger partial charge in [-0.15, -0.1) is 22.0 Å². The predicted octanol–water partition coefficient (Wildman–Crippen LogP) is 4.67. The summed E-state index contributed by atoms with van der Waals surface area (Å²) in [4.78, 5) is 15.7. The van der Waals surface area contributed by atoms with Gasteiger partial charge < -0.3 is 10.1 Å². The van der Waals surface area contributed by atoms with E-state index in [0.717, 1.165) is 15.8 Å². The van der Waals surface area contributed by atoms with E-state index in [0.29, 0.717) is 17.9 Å². The Labute approximate surface area is 137 Å². The molecule has 116 valence electrons. The zero-order valence-corrected chi connectivity index (χ0v) is 13.1. The Hall–Kier alpha value is -2.60. The Balaban J connectivity index is 1.60. The number of fused-ring (bicyclic) bond motifs is 1. The van der Waals surface area contributed by atoms with Crippen LogP contribution < -0.4 is 0 Å². The largest absolute Gasteiger partial charge is 0.493 e. The van der Waals surface area contributed by atoms with Gasteiger partial charge >= 0.3 is 0 Å². The minimum atomic E-state index is -0.307. The maximum absolute atomic E-state index is 11.8. The van der Waals surface area contributed by atoms with Crippen LogP contribution in [0.3, 0.4) is 0 Å². The summed E-state index contributed by atoms with van der Waals surface area (Å²) in [6.07, 6.45) is 0.298. The van der Waals surface area contributed by atoms with Gasteiger partial charge in [0.15, 0.2) is 5.69 Å². The topological polar surface area (TPSA) is 77.8 Å². The molecule has 0 unspecified atom stereocenters. The highest BCUT2D eigenvalue weighted by molar-refractivity contribution is 7.99. The summed E-state index contributed by atoms with van der Waals surface area (Å²) < 4.78 is 0. The van der Waals surface area contributed by atoms with Crippen molar-refractivity contribution in [1.82, 2.24) is 4.98 Å². The number of para-hydroxylation sites is 1. The third-order valence-corrected chi connectivity index (χ3v) is 4.26. The van der Waals surface area contributed by atoms with Gasteiger partial charge in [0.25, 0.3) is 5.91 Å². The number of azo groups is 1. The maximum atomic E-state index is 11.8. The molecule has 1 heterocycles. The van der Waals surface area contributed by atoms with Crippen molar-refractivity contribution in [3.8, 4) is 5.88 Å². The highest BCUT2D eigenvalue weighted by Gasteiger charge is 2.10. The van der Waals surface area contributed by atoms with E-state index in [-0.39, 0.29) is 11.8 Å². The molecule has 1 aromatic heterocycles. The lowest BCUT2D eigenvalue weighted by molar-refractivity contribution is -0.117. The van der Waals surface area contributed by atoms with E-state index in [1.165, 1.54) is 0 Å². The van der Waals surface area contributed by atoms with Crippen LogP contribution in [-0.4, -0.2) is 21.8 Å². The summed E-state index contributed by atoms with van der Waals surface area (Å²) in [5.74, 6) is 0.251. The van der Waals surface area contributed by atoms with Gasteiger partial charge in [-0.25, -0.2) is 0 Å². The Morgan fingerprint density at radius 2 is 1.83 bits per heavy atom. The minimum Gasteiger partial charge on any atom is -0.493 e. The van der Waals surface area contributed by atoms with Gasteiger partial charge in [0, 0.05) is 22.5 Å². The monoisotopic (exact) mass is 325 g/mol. The molecule has 0 saturated carbocycles. The van der Waals surface area contributed by atoms with Gasteiger partial charge in [-0.05, 0) is 18.2 Å². The number of aromatic hydroxyl groups is 1. The molecule has 0 aliphatic carbocycles. The SMILES string of the molecule is O=C(CCSc1ccccc1)N=Nc1c(O)[nH]c2ccccc12. The molecular weight excluding hydrogens is 310 g/mol. The molecule has 3 rings (SSSR count). The third-order valence-electron chi connectivity index (χ3n) is 3.25. The first-order valence-corrected chi connectivity index (χ1v) is 8.14. The lowest BCUT2D eigenvalue weighted by Crippen LogP contribution is -1.93. The van der Waals surface area contributed by atoms with E-state index >= 15 is 0 Å². The zero-order valence-electron chi connectivity index (χ0n) is 12.3. The van der Waals surface area contributed by atoms with E-state index < -0.39 is 0 Å². The van der Waals surface area contributed by atoms with Crippen molar-refractivity contribution in [3.63, 3.8) is 0 Å². The quantitative estimate of drug-likeness (QED) is 0.529. The maximum Gasteiger partial charge on any atom is 0.265 e. The van der Waals surface area contributed by atoms with Crippen molar-refractivity contribution < 1.29 is 9.90 Å². The van der Waals surface area contributed by atoms with E-state index in [2.05, 4.69) is 15.2 Å². The van der Waals surface area contributed by atoms with Gasteiger partial charge in [0.1, 0.15) is 0 Å². The number of nitrogens with zero attached hydrogens (tertiary/aromatic N) is 2. The average Bonchev–Trinajstić information content (AvgIpc) is 2.89. The molecule has 0 spiro atoms. The minimum absolute atomic E-state index is 0.0820. The first-order chi connectivity index (χ1) is 11.2. The highest BCUT2D eigenvalue weighted by atomic mass is 32.2. The number of hydrogen-bond acceptors (Lipinski definition) is 4. The first-order valence-electron chi connectivity index (χ1n) is 7.16. The van der Waals surface area contributed by atoms with Gasteiger partial charge in [0.05, 0.1) is 5.52 Å². The van der Waals surface area contributed by atoms with Crippen LogP contribution in [0.2, 0.25) is 0 Å². The fraction of sp³-hybridized carbons (Fsp3) is 0.118. The Morgan fingerprint density at radius 1 is 1.09 bits per heavy atom. The molecule has 2 N–H and O–H groups in total. The van der Waals surface area contributed by atoms with Crippen LogP contribution in [0, 0.1) is 0 Å². The summed E-state index contributed by atoms with van der Waals surface area (Å²) in [6.45, 7) is 0. The molecule has 0 fully saturated rings. The van der Waals surface area contributed by atoms with Crippen molar-refractivity contribution in [2.75, 3.05) is 5.75 Å². The first kappa shape index (κ1) is 15.3. The molecule has 1 amide bonds. The average molecular weight is 325 g/mol. The lowest BCUT2D eigenvalue weighted by atomic mass is 10.2. The molecule has 3 aromatic rings. The number of H-pyrrole nitrogens is 1. The molecule has 0 bridgehead atoms. The van der Waals surface area contributed by atoms with Crippen molar-refractivity contribution in [2.45, 2.75) is 11.3 Å². The number of carbonyl (C=O) groups excluding carboxylic acids is 1. The van der Waals surface area contributed by atoms with Crippen molar-refractivity contribution in [1.29, 1.82) is 0 Å². The normalized spacial score (nSPS) is 11.3. The molecule has 2 aromatic carbocycles. The number of aromatic nitrogens is 1. The molecule has 0 atom stereocenters. The summed E-state index contributed by atoms with van der Waals surface area (Å²) in [6, 6.07) is 17.2. The van der Waals surface area contributed by atoms with Crippen LogP contribution in [0.5, 0.6) is 5.88 Å². The number of aromatic amines is 1. The number of hydrogen-bond donors (Lipinski definition) is 2. The number of amides is 1. The Morgan fingerprint density at radius 3 is 2.65 bits per heavy atom. The van der Waals surface area contributed by atoms with Crippen molar-refractivity contribution >= 4 is 34.3 Å². The number of rotatable bonds is 5. The second-order valence-corrected chi connectivity index (χ2v) is 6.04. The van der Waals surface area contributed by atoms with Gasteiger partial charge in [-0.1, -0.05) is 36.4 Å². The highest BCUT2D eigenvalue weighted by Crippen LogP contribution is 2.35. The smallest absolute Gasteiger partial charge is 0.265 e. The molecule has 6 heteroatoms. The van der Waals surface area contributed by atoms with E-state index in [9.17, 15) is 9.90 Å². The van der Waals surface area contributed by atoms with Crippen molar-refractivity contribution in [3.05, 3.63) is 54.6 Å². The van der Waals surface area contributed by atoms with Crippen LogP contribution in [0.25, 0.3) is 10.9 Å². The van der Waals surface area contributed by atoms with Gasteiger partial charge in [0.2, 0.25) is 5.88 Å². The summed E-state index contributed by atoms with van der Waals surface area (Å²) in [7, 11) is 0. The Bertz CT molecular complexity index is 843. The van der Waals surface area contributed by atoms with Crippen LogP contribution in [0.4, 0.5) is 5.69 Å². The van der Waals surface area contributed by atoms with Crippen LogP contribution in [-0.2, 0) is 4.79 Å². The number of benzene rings is 2. The second-order valence-electron chi connectivity index (χ2n) is 4.87. The fourth-order valence-electron chi connectivity index (χ4n) is 2.14. The summed E-state index contributed by atoms with van der Waals surface area (Å²) in [5, 5.41) is 18.2. The second kappa shape index (κ2) is 7.11. The molecule has 0 radical (unpaired) electrons. The van der Waals surface area contributed by atoms with E-state index in [1.54, 1.807) is 11.8 Å². The fourth-order valence-corrected chi connectivity index (χ4v) is 3.00. The van der Waals surface area contributed by atoms with Gasteiger partial charge in [-0.2, -0.15) is 0 Å². The summed E-state index contributed by atoms with van der Waals surface area (Å²) in [5.41, 5.74) is 1.05. The molecule has 5 nitrogen and oxygen atoms in total. The van der Waals surface area contributed by atoms with Crippen LogP contribution >= 0.6 is 11.8 Å². The third kappa shape index (κ3) is 3.78. The van der Waals surface area contributed by atoms with Crippen LogP contribution in [0.15, 0.2) is 69.7 Å². The van der Waals surface area contributed by atoms with Crippen molar-refractivity contribution in [2.24, 2.45) is 10.2 Å². The standard InChI is InChI=1S/C17H15N3O2S/c21-15(10-11-23-12-6-2-1-3-7-12)19-20-16-13-8-4-5-9-14(13)18-17(16)22/h1-9,18,22H,10-11H2. The zero-order chi connectivity index (χ0) is 16.1. The number of carbonyl (C=O) groups is 1. The lowest BCUT2D eigenvalue weighted by Gasteiger charge is -1.98. The molecule has 23 heavy (non-hydrogen) atoms. The molecular formula is C17H15N3O2S. The molecule has 0 aliphatic rings. The summed E-state index contributed by atoms with van der Waals surface area (Å²) >= 11 is 1.60. The van der Waals surface area contributed by atoms with Crippen LogP contribution in [0.1, 0.15) is 6.42 Å². The molecule has 0 saturated heterocycles. The van der Waals surface area contributed by atoms with E-state index in [4.69, 9.17) is 0 Å². The number of thioether (sulfide) groups is 1. The number of nitrogens with one attached hydrogen (secondary N) is 1. The predicted molar refractivity (Wildman–Crippen MR) is 91.3 cm³/mol. The van der Waals surface area contributed by atoms with E-state index in [1.807, 2.05) is 54.6 Å². The molecule has 0 aliphatic heterocycles.